The van der Waals surface area contributed by atoms with Crippen LogP contribution in [-0.2, 0) is 21.2 Å². The van der Waals surface area contributed by atoms with E-state index in [1.807, 2.05) is 32.0 Å². The van der Waals surface area contributed by atoms with E-state index < -0.39 is 10.0 Å². The van der Waals surface area contributed by atoms with E-state index in [2.05, 4.69) is 29.0 Å². The van der Waals surface area contributed by atoms with Crippen molar-refractivity contribution in [3.63, 3.8) is 0 Å². The Bertz CT molecular complexity index is 942. The Hall–Kier alpha value is -2.12. The minimum Gasteiger partial charge on any atom is -0.447 e. The number of piperidine rings is 1. The highest BCUT2D eigenvalue weighted by Crippen LogP contribution is 2.25. The lowest BCUT2D eigenvalue weighted by molar-refractivity contribution is 0.0461. The Morgan fingerprint density at radius 3 is 2.61 bits per heavy atom. The van der Waals surface area contributed by atoms with E-state index in [9.17, 15) is 13.2 Å². The number of fused-ring (bicyclic) bond motifs is 1. The van der Waals surface area contributed by atoms with Gasteiger partial charge in [-0.3, -0.25) is 0 Å². The normalized spacial score (nSPS) is 20.5. The summed E-state index contributed by atoms with van der Waals surface area (Å²) in [5.74, 6) is 0. The van der Waals surface area contributed by atoms with Crippen LogP contribution in [0.2, 0.25) is 0 Å². The summed E-state index contributed by atoms with van der Waals surface area (Å²) in [6.45, 7) is 4.19. The summed E-state index contributed by atoms with van der Waals surface area (Å²) >= 11 is 0. The molecule has 2 atom stereocenters. The lowest BCUT2D eigenvalue weighted by Crippen LogP contribution is -2.58. The van der Waals surface area contributed by atoms with Crippen molar-refractivity contribution in [2.45, 2.75) is 51.3 Å². The molecule has 1 heterocycles. The monoisotopic (exact) mass is 404 g/mol. The fourth-order valence-corrected chi connectivity index (χ4v) is 4.65. The zero-order valence-corrected chi connectivity index (χ0v) is 17.4. The van der Waals surface area contributed by atoms with E-state index in [1.54, 1.807) is 4.90 Å². The number of ether oxygens (including phenoxy) is 1. The Kier molecular flexibility index (Phi) is 6.25. The van der Waals surface area contributed by atoms with Crippen LogP contribution in [0.1, 0.15) is 32.3 Å². The van der Waals surface area contributed by atoms with Crippen molar-refractivity contribution in [2.24, 2.45) is 0 Å². The number of hydrogen-bond acceptors (Lipinski definition) is 4. The number of nitrogens with zero attached hydrogens (tertiary/aromatic N) is 1. The van der Waals surface area contributed by atoms with Crippen LogP contribution in [0.25, 0.3) is 10.8 Å². The molecule has 1 fully saturated rings. The number of carbonyl (C=O) groups is 1. The molecule has 3 rings (SSSR count). The minimum atomic E-state index is -3.38. The van der Waals surface area contributed by atoms with Crippen LogP contribution in [0.5, 0.6) is 0 Å². The van der Waals surface area contributed by atoms with Crippen molar-refractivity contribution in [1.29, 1.82) is 0 Å². The molecule has 2 unspecified atom stereocenters. The lowest BCUT2D eigenvalue weighted by atomic mass is 9.91. The highest BCUT2D eigenvalue weighted by molar-refractivity contribution is 7.88. The average molecular weight is 405 g/mol. The number of nitrogens with one attached hydrogen (secondary N) is 1. The zero-order chi connectivity index (χ0) is 20.3. The molecule has 1 amide bonds. The van der Waals surface area contributed by atoms with Crippen LogP contribution in [0, 0.1) is 0 Å². The lowest BCUT2D eigenvalue weighted by Gasteiger charge is -2.41. The minimum absolute atomic E-state index is 0.225. The number of hydrogen-bond donors (Lipinski definition) is 1. The molecule has 1 saturated heterocycles. The number of rotatable bonds is 5. The van der Waals surface area contributed by atoms with Gasteiger partial charge in [-0.15, -0.1) is 0 Å². The van der Waals surface area contributed by atoms with E-state index in [0.717, 1.165) is 29.0 Å². The fraction of sp³-hybridized carbons (Fsp3) is 0.476. The molecule has 1 aliphatic heterocycles. The van der Waals surface area contributed by atoms with Crippen molar-refractivity contribution in [2.75, 3.05) is 12.8 Å². The molecule has 28 heavy (non-hydrogen) atoms. The second kappa shape index (κ2) is 8.49. The molecule has 0 saturated carbocycles. The van der Waals surface area contributed by atoms with Gasteiger partial charge in [0.05, 0.1) is 18.4 Å². The third kappa shape index (κ3) is 5.23. The van der Waals surface area contributed by atoms with E-state index in [0.29, 0.717) is 19.4 Å². The van der Waals surface area contributed by atoms with Crippen LogP contribution >= 0.6 is 0 Å². The van der Waals surface area contributed by atoms with Gasteiger partial charge in [-0.25, -0.2) is 17.9 Å². The first-order valence-electron chi connectivity index (χ1n) is 9.65. The van der Waals surface area contributed by atoms with Crippen molar-refractivity contribution in [3.8, 4) is 0 Å². The average Bonchev–Trinajstić information content (AvgIpc) is 2.61. The Labute approximate surface area is 166 Å². The van der Waals surface area contributed by atoms with Gasteiger partial charge in [0.1, 0.15) is 0 Å². The summed E-state index contributed by atoms with van der Waals surface area (Å²) in [5.41, 5.74) is 1.06. The molecule has 152 valence electrons. The van der Waals surface area contributed by atoms with Crippen molar-refractivity contribution >= 4 is 26.9 Å². The first-order valence-corrected chi connectivity index (χ1v) is 11.5. The SMILES string of the molecule is CC(C)OC(=O)N1CCCC(NS(C)(=O)=O)C1Cc1ccc2ccccc2c1. The topological polar surface area (TPSA) is 75.7 Å². The van der Waals surface area contributed by atoms with Crippen molar-refractivity contribution in [3.05, 3.63) is 48.0 Å². The summed E-state index contributed by atoms with van der Waals surface area (Å²) in [5, 5.41) is 2.27. The largest absolute Gasteiger partial charge is 0.447 e. The predicted octanol–water partition coefficient (Wildman–Crippen LogP) is 3.31. The van der Waals surface area contributed by atoms with Crippen molar-refractivity contribution in [1.82, 2.24) is 9.62 Å². The van der Waals surface area contributed by atoms with Gasteiger partial charge in [0, 0.05) is 12.6 Å². The number of likely N-dealkylation sites (tertiary alicyclic amines) is 1. The molecule has 6 nitrogen and oxygen atoms in total. The number of carbonyl (C=O) groups excluding carboxylic acids is 1. The van der Waals surface area contributed by atoms with Gasteiger partial charge in [0.25, 0.3) is 0 Å². The van der Waals surface area contributed by atoms with Crippen molar-refractivity contribution < 1.29 is 17.9 Å². The molecule has 0 spiro atoms. The summed E-state index contributed by atoms with van der Waals surface area (Å²) in [6.07, 6.45) is 2.53. The molecular weight excluding hydrogens is 376 g/mol. The van der Waals surface area contributed by atoms with E-state index in [4.69, 9.17) is 4.74 Å². The van der Waals surface area contributed by atoms with Gasteiger partial charge in [-0.1, -0.05) is 42.5 Å². The molecule has 1 aliphatic rings. The smallest absolute Gasteiger partial charge is 0.410 e. The number of amides is 1. The van der Waals surface area contributed by atoms with Crippen LogP contribution in [0.4, 0.5) is 4.79 Å². The summed E-state index contributed by atoms with van der Waals surface area (Å²) in [7, 11) is -3.38. The first-order chi connectivity index (χ1) is 13.2. The standard InChI is InChI=1S/C21H28N2O4S/c1-15(2)27-21(24)23-12-6-9-19(22-28(3,25)26)20(23)14-16-10-11-17-7-4-5-8-18(17)13-16/h4-5,7-8,10-11,13,15,19-20,22H,6,9,12,14H2,1-3H3. The van der Waals surface area contributed by atoms with Gasteiger partial charge < -0.3 is 9.64 Å². The maximum Gasteiger partial charge on any atom is 0.410 e. The quantitative estimate of drug-likeness (QED) is 0.830. The molecule has 2 aromatic rings. The Balaban J connectivity index is 1.90. The predicted molar refractivity (Wildman–Crippen MR) is 111 cm³/mol. The van der Waals surface area contributed by atoms with Gasteiger partial charge >= 0.3 is 6.09 Å². The highest BCUT2D eigenvalue weighted by atomic mass is 32.2. The van der Waals surface area contributed by atoms with E-state index >= 15 is 0 Å². The van der Waals surface area contributed by atoms with Crippen LogP contribution in [-0.4, -0.2) is 50.4 Å². The zero-order valence-electron chi connectivity index (χ0n) is 16.6. The fourth-order valence-electron chi connectivity index (χ4n) is 3.83. The summed E-state index contributed by atoms with van der Waals surface area (Å²) in [6, 6.07) is 13.7. The van der Waals surface area contributed by atoms with Gasteiger partial charge in [-0.2, -0.15) is 0 Å². The number of sulfonamides is 1. The van der Waals surface area contributed by atoms with E-state index in [1.165, 1.54) is 0 Å². The second-order valence-electron chi connectivity index (χ2n) is 7.72. The second-order valence-corrected chi connectivity index (χ2v) is 9.50. The van der Waals surface area contributed by atoms with Crippen LogP contribution in [0.15, 0.2) is 42.5 Å². The molecule has 0 aliphatic carbocycles. The maximum absolute atomic E-state index is 12.7. The number of benzene rings is 2. The highest BCUT2D eigenvalue weighted by Gasteiger charge is 2.36. The Morgan fingerprint density at radius 1 is 1.21 bits per heavy atom. The summed E-state index contributed by atoms with van der Waals surface area (Å²) < 4.78 is 31.9. The third-order valence-electron chi connectivity index (χ3n) is 4.97. The van der Waals surface area contributed by atoms with Crippen LogP contribution < -0.4 is 4.72 Å². The molecule has 1 N–H and O–H groups in total. The molecule has 0 radical (unpaired) electrons. The third-order valence-corrected chi connectivity index (χ3v) is 5.71. The first kappa shape index (κ1) is 20.6. The van der Waals surface area contributed by atoms with Gasteiger partial charge in [-0.05, 0) is 49.4 Å². The van der Waals surface area contributed by atoms with Gasteiger partial charge in [0.15, 0.2) is 0 Å². The molecule has 2 aromatic carbocycles. The van der Waals surface area contributed by atoms with Crippen LogP contribution in [0.3, 0.4) is 0 Å². The summed E-state index contributed by atoms with van der Waals surface area (Å²) in [4.78, 5) is 14.3. The maximum atomic E-state index is 12.7. The molecular formula is C21H28N2O4S. The molecule has 0 bridgehead atoms. The molecule has 7 heteroatoms. The van der Waals surface area contributed by atoms with Gasteiger partial charge in [0.2, 0.25) is 10.0 Å². The molecule has 0 aromatic heterocycles. The Morgan fingerprint density at radius 2 is 1.93 bits per heavy atom. The van der Waals surface area contributed by atoms with E-state index in [-0.39, 0.29) is 24.3 Å².